The maximum Gasteiger partial charge on any atom is 0.246 e. The lowest BCUT2D eigenvalue weighted by atomic mass is 10.0. The van der Waals surface area contributed by atoms with Crippen molar-refractivity contribution in [3.63, 3.8) is 0 Å². The molecule has 2 fully saturated rings. The molecule has 204 valence electrons. The number of fused-ring (bicyclic) bond motifs is 1. The van der Waals surface area contributed by atoms with Crippen LogP contribution in [0.5, 0.6) is 11.5 Å². The average molecular weight is 570 g/mol. The summed E-state index contributed by atoms with van der Waals surface area (Å²) < 4.78 is 10.8. The van der Waals surface area contributed by atoms with E-state index >= 15 is 0 Å². The highest BCUT2D eigenvalue weighted by Gasteiger charge is 2.41. The minimum absolute atomic E-state index is 0.00884. The first-order valence-electron chi connectivity index (χ1n) is 12.7. The van der Waals surface area contributed by atoms with Gasteiger partial charge in [0.2, 0.25) is 17.8 Å². The van der Waals surface area contributed by atoms with Gasteiger partial charge in [0.15, 0.2) is 0 Å². The largest absolute Gasteiger partial charge is 0.495 e. The Hall–Kier alpha value is -3.56. The van der Waals surface area contributed by atoms with E-state index in [1.807, 2.05) is 23.1 Å². The molecule has 0 saturated carbocycles. The second kappa shape index (κ2) is 11.3. The van der Waals surface area contributed by atoms with Crippen LogP contribution in [0.1, 0.15) is 19.3 Å². The van der Waals surface area contributed by atoms with Crippen LogP contribution in [0.4, 0.5) is 5.95 Å². The Bertz CT molecular complexity index is 1410. The van der Waals surface area contributed by atoms with Gasteiger partial charge in [0.05, 0.1) is 29.8 Å². The van der Waals surface area contributed by atoms with E-state index in [9.17, 15) is 9.59 Å². The lowest BCUT2D eigenvalue weighted by Gasteiger charge is -2.26. The van der Waals surface area contributed by atoms with Crippen molar-refractivity contribution in [3.8, 4) is 22.6 Å². The molecule has 5 rings (SSSR count). The summed E-state index contributed by atoms with van der Waals surface area (Å²) >= 11 is 13.2. The molecule has 0 radical (unpaired) electrons. The standard InChI is InChI=1S/C28H29Cl2N5O4/c1-4-23(36)35-15-18(12-20(35)27(37)34-9-5-6-10-34)32-28-31-14-17-11-16(7-8-19(17)33-28)24-25(29)21(38-2)13-22(39-3)26(24)30/h4,7-8,11,13-14,18,20H,1,5-6,9-10,12,15H2,2-3H3,(H,31,32,33)/t18-,20-/m0/s1. The molecule has 1 N–H and O–H groups in total. The summed E-state index contributed by atoms with van der Waals surface area (Å²) in [6, 6.07) is 6.57. The molecule has 11 heteroatoms. The third-order valence-corrected chi connectivity index (χ3v) is 7.99. The number of nitrogens with one attached hydrogen (secondary N) is 1. The monoisotopic (exact) mass is 569 g/mol. The van der Waals surface area contributed by atoms with Gasteiger partial charge in [0, 0.05) is 48.9 Å². The van der Waals surface area contributed by atoms with Crippen LogP contribution in [0.2, 0.25) is 10.0 Å². The molecular formula is C28H29Cl2N5O4. The van der Waals surface area contributed by atoms with Crippen molar-refractivity contribution in [2.75, 3.05) is 39.2 Å². The number of carbonyl (C=O) groups excluding carboxylic acids is 2. The van der Waals surface area contributed by atoms with Crippen LogP contribution in [0.15, 0.2) is 43.1 Å². The zero-order valence-corrected chi connectivity index (χ0v) is 23.3. The van der Waals surface area contributed by atoms with Gasteiger partial charge in [0.25, 0.3) is 0 Å². The topological polar surface area (TPSA) is 96.9 Å². The molecule has 2 aromatic carbocycles. The number of anilines is 1. The summed E-state index contributed by atoms with van der Waals surface area (Å²) in [6.07, 6.45) is 5.43. The number of hydrogen-bond acceptors (Lipinski definition) is 7. The highest BCUT2D eigenvalue weighted by atomic mass is 35.5. The maximum atomic E-state index is 13.1. The number of benzene rings is 2. The number of halogens is 2. The SMILES string of the molecule is C=CC(=O)N1C[C@@H](Nc2ncc3cc(-c4c(Cl)c(OC)cc(OC)c4Cl)ccc3n2)C[C@H]1C(=O)N1CCCC1. The van der Waals surface area contributed by atoms with Gasteiger partial charge in [-0.3, -0.25) is 9.59 Å². The fraction of sp³-hybridized carbons (Fsp3) is 0.357. The van der Waals surface area contributed by atoms with Crippen molar-refractivity contribution in [2.24, 2.45) is 0 Å². The van der Waals surface area contributed by atoms with E-state index in [2.05, 4.69) is 21.9 Å². The molecular weight excluding hydrogens is 541 g/mol. The summed E-state index contributed by atoms with van der Waals surface area (Å²) in [5, 5.41) is 4.85. The lowest BCUT2D eigenvalue weighted by Crippen LogP contribution is -2.46. The van der Waals surface area contributed by atoms with E-state index < -0.39 is 6.04 Å². The van der Waals surface area contributed by atoms with Crippen molar-refractivity contribution in [2.45, 2.75) is 31.3 Å². The molecule has 0 bridgehead atoms. The third-order valence-electron chi connectivity index (χ3n) is 7.24. The van der Waals surface area contributed by atoms with Gasteiger partial charge in [-0.1, -0.05) is 35.8 Å². The van der Waals surface area contributed by atoms with Gasteiger partial charge >= 0.3 is 0 Å². The number of carbonyl (C=O) groups is 2. The molecule has 39 heavy (non-hydrogen) atoms. The molecule has 1 aromatic heterocycles. The van der Waals surface area contributed by atoms with E-state index in [1.54, 1.807) is 17.2 Å². The van der Waals surface area contributed by atoms with Gasteiger partial charge in [-0.05, 0) is 43.0 Å². The Morgan fingerprint density at radius 2 is 1.79 bits per heavy atom. The lowest BCUT2D eigenvalue weighted by molar-refractivity contribution is -0.140. The van der Waals surface area contributed by atoms with E-state index in [4.69, 9.17) is 32.7 Å². The Kier molecular flexibility index (Phi) is 7.81. The summed E-state index contributed by atoms with van der Waals surface area (Å²) in [6.45, 7) is 5.44. The van der Waals surface area contributed by atoms with Gasteiger partial charge in [-0.2, -0.15) is 0 Å². The normalized spacial score (nSPS) is 18.9. The van der Waals surface area contributed by atoms with Crippen LogP contribution < -0.4 is 14.8 Å². The number of nitrogens with zero attached hydrogens (tertiary/aromatic N) is 4. The Balaban J connectivity index is 1.38. The highest BCUT2D eigenvalue weighted by molar-refractivity contribution is 6.41. The Labute approximate surface area is 236 Å². The molecule has 2 amide bonds. The first-order chi connectivity index (χ1) is 18.8. The minimum Gasteiger partial charge on any atom is -0.495 e. The Morgan fingerprint density at radius 1 is 1.10 bits per heavy atom. The fourth-order valence-electron chi connectivity index (χ4n) is 5.26. The predicted molar refractivity (Wildman–Crippen MR) is 152 cm³/mol. The van der Waals surface area contributed by atoms with Crippen molar-refractivity contribution < 1.29 is 19.1 Å². The number of hydrogen-bond donors (Lipinski definition) is 1. The van der Waals surface area contributed by atoms with Crippen LogP contribution in [-0.2, 0) is 9.59 Å². The van der Waals surface area contributed by atoms with Crippen LogP contribution in [-0.4, -0.2) is 77.5 Å². The highest BCUT2D eigenvalue weighted by Crippen LogP contribution is 2.46. The Morgan fingerprint density at radius 3 is 2.44 bits per heavy atom. The fourth-order valence-corrected chi connectivity index (χ4v) is 5.98. The molecule has 3 aromatic rings. The van der Waals surface area contributed by atoms with Crippen LogP contribution in [0.3, 0.4) is 0 Å². The summed E-state index contributed by atoms with van der Waals surface area (Å²) in [5.74, 6) is 1.05. The van der Waals surface area contributed by atoms with E-state index in [0.717, 1.165) is 36.9 Å². The summed E-state index contributed by atoms with van der Waals surface area (Å²) in [5.41, 5.74) is 2.06. The quantitative estimate of drug-likeness (QED) is 0.408. The van der Waals surface area contributed by atoms with Crippen molar-refractivity contribution in [3.05, 3.63) is 53.2 Å². The van der Waals surface area contributed by atoms with Gasteiger partial charge < -0.3 is 24.6 Å². The minimum atomic E-state index is -0.525. The molecule has 2 aliphatic heterocycles. The molecule has 0 unspecified atom stereocenters. The molecule has 2 aliphatic rings. The van der Waals surface area contributed by atoms with Crippen molar-refractivity contribution >= 4 is 51.9 Å². The molecule has 2 atom stereocenters. The van der Waals surface area contributed by atoms with Crippen LogP contribution in [0, 0.1) is 0 Å². The maximum absolute atomic E-state index is 13.1. The number of amides is 2. The molecule has 0 aliphatic carbocycles. The number of rotatable bonds is 7. The van der Waals surface area contributed by atoms with Crippen molar-refractivity contribution in [1.82, 2.24) is 19.8 Å². The van der Waals surface area contributed by atoms with E-state index in [-0.39, 0.29) is 17.9 Å². The number of likely N-dealkylation sites (tertiary alicyclic amines) is 2. The number of aromatic nitrogens is 2. The van der Waals surface area contributed by atoms with Crippen molar-refractivity contribution in [1.29, 1.82) is 0 Å². The first-order valence-corrected chi connectivity index (χ1v) is 13.5. The van der Waals surface area contributed by atoms with Gasteiger partial charge in [-0.15, -0.1) is 0 Å². The van der Waals surface area contributed by atoms with E-state index in [0.29, 0.717) is 51.5 Å². The van der Waals surface area contributed by atoms with E-state index in [1.165, 1.54) is 20.3 Å². The molecule has 3 heterocycles. The second-order valence-electron chi connectivity index (χ2n) is 9.57. The number of ether oxygens (including phenoxy) is 2. The summed E-state index contributed by atoms with van der Waals surface area (Å²) in [7, 11) is 3.06. The zero-order valence-electron chi connectivity index (χ0n) is 21.7. The van der Waals surface area contributed by atoms with Crippen LogP contribution >= 0.6 is 23.2 Å². The summed E-state index contributed by atoms with van der Waals surface area (Å²) in [4.78, 5) is 38.3. The second-order valence-corrected chi connectivity index (χ2v) is 10.3. The molecule has 2 saturated heterocycles. The number of methoxy groups -OCH3 is 2. The van der Waals surface area contributed by atoms with Gasteiger partial charge in [-0.25, -0.2) is 9.97 Å². The van der Waals surface area contributed by atoms with Gasteiger partial charge in [0.1, 0.15) is 17.5 Å². The average Bonchev–Trinajstić information content (AvgIpc) is 3.63. The zero-order chi connectivity index (χ0) is 27.7. The first kappa shape index (κ1) is 27.0. The smallest absolute Gasteiger partial charge is 0.246 e. The third kappa shape index (κ3) is 5.21. The predicted octanol–water partition coefficient (Wildman–Crippen LogP) is 4.81. The molecule has 0 spiro atoms. The van der Waals surface area contributed by atoms with Crippen LogP contribution in [0.25, 0.3) is 22.0 Å². The molecule has 9 nitrogen and oxygen atoms in total.